The molecule has 1 heterocycles. The Hall–Kier alpha value is -1.84. The van der Waals surface area contributed by atoms with Crippen LogP contribution in [0.25, 0.3) is 0 Å². The number of aliphatic imine (C=N–C) groups is 1. The number of carbonyl (C=O) groups is 1. The SMILES string of the molecule is COC1=CC2=NC(OC=O)=CC2=CC1. The largest absolute Gasteiger partial charge is 0.501 e. The van der Waals surface area contributed by atoms with Crippen molar-refractivity contribution in [1.82, 2.24) is 0 Å². The second-order valence-corrected chi connectivity index (χ2v) is 2.87. The summed E-state index contributed by atoms with van der Waals surface area (Å²) in [6.45, 7) is 0.370. The molecule has 0 aromatic heterocycles. The number of allylic oxidation sites excluding steroid dienone is 4. The summed E-state index contributed by atoms with van der Waals surface area (Å²) < 4.78 is 9.74. The normalized spacial score (nSPS) is 18.6. The molecule has 0 aromatic carbocycles. The maximum Gasteiger partial charge on any atom is 0.299 e. The highest BCUT2D eigenvalue weighted by molar-refractivity contribution is 6.13. The average molecular weight is 191 g/mol. The van der Waals surface area contributed by atoms with E-state index < -0.39 is 0 Å². The van der Waals surface area contributed by atoms with E-state index in [1.54, 1.807) is 13.2 Å². The minimum absolute atomic E-state index is 0.329. The van der Waals surface area contributed by atoms with E-state index >= 15 is 0 Å². The lowest BCUT2D eigenvalue weighted by Crippen LogP contribution is -2.02. The predicted octanol–water partition coefficient (Wildman–Crippen LogP) is 1.32. The number of ether oxygens (including phenoxy) is 2. The highest BCUT2D eigenvalue weighted by Crippen LogP contribution is 2.24. The third-order valence-corrected chi connectivity index (χ3v) is 2.06. The van der Waals surface area contributed by atoms with Gasteiger partial charge >= 0.3 is 0 Å². The first-order chi connectivity index (χ1) is 6.83. The molecule has 0 N–H and O–H groups in total. The number of rotatable bonds is 3. The molecule has 2 rings (SSSR count). The summed E-state index contributed by atoms with van der Waals surface area (Å²) in [6, 6.07) is 0. The van der Waals surface area contributed by atoms with Crippen LogP contribution in [0.15, 0.2) is 40.4 Å². The molecule has 72 valence electrons. The molecule has 1 aliphatic heterocycles. The maximum absolute atomic E-state index is 10.1. The predicted molar refractivity (Wildman–Crippen MR) is 50.5 cm³/mol. The summed E-state index contributed by atoms with van der Waals surface area (Å²) in [4.78, 5) is 14.2. The second kappa shape index (κ2) is 3.49. The molecule has 0 atom stereocenters. The topological polar surface area (TPSA) is 47.9 Å². The van der Waals surface area contributed by atoms with Crippen LogP contribution in [-0.4, -0.2) is 19.3 Å². The number of hydrogen-bond acceptors (Lipinski definition) is 4. The van der Waals surface area contributed by atoms with Crippen LogP contribution in [-0.2, 0) is 14.3 Å². The first kappa shape index (κ1) is 8.74. The minimum atomic E-state index is 0.329. The summed E-state index contributed by atoms with van der Waals surface area (Å²) in [7, 11) is 1.62. The van der Waals surface area contributed by atoms with E-state index in [1.807, 2.05) is 12.2 Å². The molecule has 0 unspecified atom stereocenters. The summed E-state index contributed by atoms with van der Waals surface area (Å²) in [6.07, 6.45) is 6.30. The molecule has 0 saturated heterocycles. The molecule has 0 amide bonds. The molecule has 1 aliphatic carbocycles. The Morgan fingerprint density at radius 1 is 1.50 bits per heavy atom. The van der Waals surface area contributed by atoms with E-state index in [0.717, 1.165) is 23.5 Å². The number of fused-ring (bicyclic) bond motifs is 1. The Bertz CT molecular complexity index is 388. The quantitative estimate of drug-likeness (QED) is 0.632. The van der Waals surface area contributed by atoms with Crippen molar-refractivity contribution in [2.24, 2.45) is 4.99 Å². The number of nitrogens with zero attached hydrogens (tertiary/aromatic N) is 1. The van der Waals surface area contributed by atoms with Crippen LogP contribution in [0.1, 0.15) is 6.42 Å². The van der Waals surface area contributed by atoms with Crippen LogP contribution >= 0.6 is 0 Å². The first-order valence-electron chi connectivity index (χ1n) is 4.19. The Balaban J connectivity index is 2.23. The molecule has 14 heavy (non-hydrogen) atoms. The van der Waals surface area contributed by atoms with Gasteiger partial charge in [-0.25, -0.2) is 4.99 Å². The monoisotopic (exact) mass is 191 g/mol. The molecule has 0 bridgehead atoms. The Kier molecular flexibility index (Phi) is 2.18. The molecule has 0 radical (unpaired) electrons. The molecule has 4 heteroatoms. The van der Waals surface area contributed by atoms with E-state index in [0.29, 0.717) is 12.4 Å². The van der Waals surface area contributed by atoms with Gasteiger partial charge in [-0.1, -0.05) is 6.08 Å². The van der Waals surface area contributed by atoms with Crippen molar-refractivity contribution in [2.45, 2.75) is 6.42 Å². The lowest BCUT2D eigenvalue weighted by Gasteiger charge is -2.09. The second-order valence-electron chi connectivity index (χ2n) is 2.87. The van der Waals surface area contributed by atoms with Gasteiger partial charge in [-0.15, -0.1) is 0 Å². The lowest BCUT2D eigenvalue weighted by atomic mass is 10.0. The van der Waals surface area contributed by atoms with Crippen LogP contribution < -0.4 is 0 Å². The molecule has 0 saturated carbocycles. The number of methoxy groups -OCH3 is 1. The first-order valence-corrected chi connectivity index (χ1v) is 4.19. The van der Waals surface area contributed by atoms with E-state index in [9.17, 15) is 4.79 Å². The van der Waals surface area contributed by atoms with Gasteiger partial charge in [0.25, 0.3) is 6.47 Å². The van der Waals surface area contributed by atoms with Crippen LogP contribution in [0.5, 0.6) is 0 Å². The van der Waals surface area contributed by atoms with E-state index in [4.69, 9.17) is 4.74 Å². The lowest BCUT2D eigenvalue weighted by molar-refractivity contribution is -0.125. The van der Waals surface area contributed by atoms with Crippen molar-refractivity contribution in [3.63, 3.8) is 0 Å². The summed E-state index contributed by atoms with van der Waals surface area (Å²) in [5.74, 6) is 1.18. The molecule has 0 aromatic rings. The van der Waals surface area contributed by atoms with Gasteiger partial charge in [-0.05, 0) is 0 Å². The molecular formula is C10H9NO3. The summed E-state index contributed by atoms with van der Waals surface area (Å²) in [5, 5.41) is 0. The molecule has 2 aliphatic rings. The van der Waals surface area contributed by atoms with Crippen molar-refractivity contribution in [2.75, 3.05) is 7.11 Å². The van der Waals surface area contributed by atoms with Gasteiger partial charge in [-0.2, -0.15) is 0 Å². The Morgan fingerprint density at radius 3 is 3.07 bits per heavy atom. The fourth-order valence-electron chi connectivity index (χ4n) is 1.38. The third-order valence-electron chi connectivity index (χ3n) is 2.06. The zero-order valence-corrected chi connectivity index (χ0v) is 7.69. The van der Waals surface area contributed by atoms with Gasteiger partial charge in [0.2, 0.25) is 5.88 Å². The van der Waals surface area contributed by atoms with E-state index in [2.05, 4.69) is 9.73 Å². The van der Waals surface area contributed by atoms with Crippen molar-refractivity contribution in [3.8, 4) is 0 Å². The van der Waals surface area contributed by atoms with Crippen molar-refractivity contribution < 1.29 is 14.3 Å². The van der Waals surface area contributed by atoms with Crippen molar-refractivity contribution in [1.29, 1.82) is 0 Å². The summed E-state index contributed by atoms with van der Waals surface area (Å²) >= 11 is 0. The molecule has 4 nitrogen and oxygen atoms in total. The Labute approximate surface area is 81.2 Å². The number of hydrogen-bond donors (Lipinski definition) is 0. The molecular weight excluding hydrogens is 182 g/mol. The highest BCUT2D eigenvalue weighted by atomic mass is 16.5. The smallest absolute Gasteiger partial charge is 0.299 e. The minimum Gasteiger partial charge on any atom is -0.501 e. The molecule has 0 spiro atoms. The fourth-order valence-corrected chi connectivity index (χ4v) is 1.38. The van der Waals surface area contributed by atoms with Gasteiger partial charge in [0.05, 0.1) is 12.8 Å². The van der Waals surface area contributed by atoms with E-state index in [-0.39, 0.29) is 0 Å². The molecule has 0 fully saturated rings. The van der Waals surface area contributed by atoms with Crippen molar-refractivity contribution in [3.05, 3.63) is 35.4 Å². The van der Waals surface area contributed by atoms with Gasteiger partial charge in [0.15, 0.2) is 0 Å². The van der Waals surface area contributed by atoms with Gasteiger partial charge < -0.3 is 9.47 Å². The zero-order chi connectivity index (χ0) is 9.97. The highest BCUT2D eigenvalue weighted by Gasteiger charge is 2.17. The van der Waals surface area contributed by atoms with Gasteiger partial charge in [0, 0.05) is 24.1 Å². The van der Waals surface area contributed by atoms with Crippen molar-refractivity contribution >= 4 is 12.2 Å². The van der Waals surface area contributed by atoms with Gasteiger partial charge in [-0.3, -0.25) is 4.79 Å². The van der Waals surface area contributed by atoms with Gasteiger partial charge in [0.1, 0.15) is 5.76 Å². The van der Waals surface area contributed by atoms with Crippen LogP contribution in [0.3, 0.4) is 0 Å². The maximum atomic E-state index is 10.1. The summed E-state index contributed by atoms with van der Waals surface area (Å²) in [5.41, 5.74) is 1.76. The van der Waals surface area contributed by atoms with Crippen LogP contribution in [0.2, 0.25) is 0 Å². The fraction of sp³-hybridized carbons (Fsp3) is 0.200. The van der Waals surface area contributed by atoms with Crippen LogP contribution in [0, 0.1) is 0 Å². The zero-order valence-electron chi connectivity index (χ0n) is 7.69. The standard InChI is InChI=1S/C10H9NO3/c1-13-8-3-2-7-4-10(14-6-12)11-9(7)5-8/h2,4-6H,3H2,1H3. The average Bonchev–Trinajstić information content (AvgIpc) is 2.59. The third kappa shape index (κ3) is 1.46. The van der Waals surface area contributed by atoms with Crippen LogP contribution in [0.4, 0.5) is 0 Å². The Morgan fingerprint density at radius 2 is 2.36 bits per heavy atom. The van der Waals surface area contributed by atoms with E-state index in [1.165, 1.54) is 0 Å². The number of carbonyl (C=O) groups excluding carboxylic acids is 1.